The Morgan fingerprint density at radius 1 is 1.41 bits per heavy atom. The van der Waals surface area contributed by atoms with Gasteiger partial charge >= 0.3 is 12.1 Å². The number of nitrogen functional groups attached to an aromatic ring is 1. The second-order valence-electron chi connectivity index (χ2n) is 2.85. The van der Waals surface area contributed by atoms with Crippen molar-refractivity contribution in [3.8, 4) is 0 Å². The number of hydrogen-bond donors (Lipinski definition) is 2. The van der Waals surface area contributed by atoms with E-state index in [2.05, 4.69) is 4.98 Å². The Kier molecular flexibility index (Phi) is 3.27. The summed E-state index contributed by atoms with van der Waals surface area (Å²) in [6.45, 7) is 0. The van der Waals surface area contributed by atoms with E-state index in [0.717, 1.165) is 23.2 Å². The van der Waals surface area contributed by atoms with E-state index in [4.69, 9.17) is 5.73 Å². The molecule has 6 nitrogen and oxygen atoms in total. The quantitative estimate of drug-likeness (QED) is 0.788. The highest BCUT2D eigenvalue weighted by Gasteiger charge is 2.41. The number of halogens is 3. The van der Waals surface area contributed by atoms with Crippen molar-refractivity contribution in [2.75, 3.05) is 5.73 Å². The van der Waals surface area contributed by atoms with Crippen LogP contribution in [0.5, 0.6) is 0 Å². The number of rotatable bonds is 2. The highest BCUT2D eigenvalue weighted by molar-refractivity contribution is 7.90. The molecule has 0 saturated heterocycles. The molecule has 1 heterocycles. The van der Waals surface area contributed by atoms with Gasteiger partial charge in [-0.05, 0) is 6.07 Å². The molecular formula is C7H6F3N3O3S. The maximum atomic E-state index is 11.9. The number of aromatic nitrogens is 1. The van der Waals surface area contributed by atoms with Gasteiger partial charge in [0, 0.05) is 12.4 Å². The lowest BCUT2D eigenvalue weighted by Crippen LogP contribution is -2.40. The maximum Gasteiger partial charge on any atom is 0.472 e. The topological polar surface area (TPSA) is 102 Å². The Morgan fingerprint density at radius 3 is 2.47 bits per heavy atom. The summed E-state index contributed by atoms with van der Waals surface area (Å²) in [7, 11) is -4.68. The van der Waals surface area contributed by atoms with Crippen LogP contribution in [0.2, 0.25) is 0 Å². The molecule has 17 heavy (non-hydrogen) atoms. The minimum atomic E-state index is -5.30. The van der Waals surface area contributed by atoms with Crippen molar-refractivity contribution in [1.29, 1.82) is 0 Å². The molecule has 0 spiro atoms. The molecule has 1 rings (SSSR count). The van der Waals surface area contributed by atoms with E-state index in [1.165, 1.54) is 0 Å². The molecule has 3 N–H and O–H groups in total. The van der Waals surface area contributed by atoms with Gasteiger partial charge in [-0.3, -0.25) is 9.78 Å². The number of nitrogens with zero attached hydrogens (tertiary/aromatic N) is 1. The number of nitrogens with one attached hydrogen (secondary N) is 1. The fourth-order valence-electron chi connectivity index (χ4n) is 0.850. The predicted octanol–water partition coefficient (Wildman–Crippen LogP) is 0.0310. The molecule has 0 atom stereocenters. The van der Waals surface area contributed by atoms with Crippen LogP contribution in [0.3, 0.4) is 0 Å². The SMILES string of the molecule is Nc1ccncc1S(=O)(=O)NC(=O)C(F)(F)F. The zero-order valence-corrected chi connectivity index (χ0v) is 8.84. The number of carbonyl (C=O) groups is 1. The normalized spacial score (nSPS) is 12.2. The first-order chi connectivity index (χ1) is 7.64. The molecule has 10 heteroatoms. The van der Waals surface area contributed by atoms with Crippen molar-refractivity contribution in [3.63, 3.8) is 0 Å². The first-order valence-electron chi connectivity index (χ1n) is 3.98. The van der Waals surface area contributed by atoms with Gasteiger partial charge in [0.2, 0.25) is 0 Å². The van der Waals surface area contributed by atoms with Crippen LogP contribution in [-0.2, 0) is 14.8 Å². The molecule has 1 amide bonds. The third kappa shape index (κ3) is 3.06. The first-order valence-corrected chi connectivity index (χ1v) is 5.46. The Bertz CT molecular complexity index is 541. The van der Waals surface area contributed by atoms with E-state index >= 15 is 0 Å². The number of hydrogen-bond acceptors (Lipinski definition) is 5. The molecule has 1 aromatic rings. The van der Waals surface area contributed by atoms with Gasteiger partial charge < -0.3 is 5.73 Å². The fraction of sp³-hybridized carbons (Fsp3) is 0.143. The lowest BCUT2D eigenvalue weighted by Gasteiger charge is -2.09. The number of pyridine rings is 1. The summed E-state index contributed by atoms with van der Waals surface area (Å²) in [5.74, 6) is -2.60. The summed E-state index contributed by atoms with van der Waals surface area (Å²) < 4.78 is 59.2. The second-order valence-corrected chi connectivity index (χ2v) is 4.50. The van der Waals surface area contributed by atoms with E-state index in [9.17, 15) is 26.4 Å². The van der Waals surface area contributed by atoms with Gasteiger partial charge in [-0.2, -0.15) is 13.2 Å². The molecule has 94 valence electrons. The van der Waals surface area contributed by atoms with Gasteiger partial charge in [-0.1, -0.05) is 0 Å². The first kappa shape index (κ1) is 13.2. The van der Waals surface area contributed by atoms with Gasteiger partial charge in [0.05, 0.1) is 5.69 Å². The number of sulfonamides is 1. The van der Waals surface area contributed by atoms with Gasteiger partial charge in [0.15, 0.2) is 0 Å². The van der Waals surface area contributed by atoms with Crippen molar-refractivity contribution < 1.29 is 26.4 Å². The number of carbonyl (C=O) groups excluding carboxylic acids is 1. The molecular weight excluding hydrogens is 263 g/mol. The molecule has 0 unspecified atom stereocenters. The van der Waals surface area contributed by atoms with E-state index < -0.39 is 27.0 Å². The van der Waals surface area contributed by atoms with Crippen LogP contribution in [0.25, 0.3) is 0 Å². The third-order valence-electron chi connectivity index (χ3n) is 1.59. The van der Waals surface area contributed by atoms with Gasteiger partial charge in [-0.25, -0.2) is 13.1 Å². The van der Waals surface area contributed by atoms with Crippen LogP contribution in [0, 0.1) is 0 Å². The van der Waals surface area contributed by atoms with Crippen molar-refractivity contribution in [1.82, 2.24) is 9.71 Å². The number of anilines is 1. The summed E-state index contributed by atoms with van der Waals surface area (Å²) >= 11 is 0. The van der Waals surface area contributed by atoms with E-state index in [1.54, 1.807) is 0 Å². The Balaban J connectivity index is 3.07. The lowest BCUT2D eigenvalue weighted by molar-refractivity contribution is -0.171. The zero-order chi connectivity index (χ0) is 13.3. The summed E-state index contributed by atoms with van der Waals surface area (Å²) in [5, 5.41) is 0. The van der Waals surface area contributed by atoms with Crippen molar-refractivity contribution in [3.05, 3.63) is 18.5 Å². The van der Waals surface area contributed by atoms with Crippen molar-refractivity contribution >= 4 is 21.6 Å². The molecule has 0 bridgehead atoms. The number of amides is 1. The predicted molar refractivity (Wildman–Crippen MR) is 50.0 cm³/mol. The van der Waals surface area contributed by atoms with Crippen LogP contribution in [0.1, 0.15) is 0 Å². The average molecular weight is 269 g/mol. The summed E-state index contributed by atoms with van der Waals surface area (Å²) in [5.41, 5.74) is 4.92. The Labute approximate surface area is 93.7 Å². The van der Waals surface area contributed by atoms with Crippen LogP contribution >= 0.6 is 0 Å². The van der Waals surface area contributed by atoms with Crippen LogP contribution in [-0.4, -0.2) is 25.5 Å². The third-order valence-corrected chi connectivity index (χ3v) is 2.96. The zero-order valence-electron chi connectivity index (χ0n) is 8.02. The van der Waals surface area contributed by atoms with Crippen LogP contribution in [0.15, 0.2) is 23.4 Å². The number of alkyl halides is 3. The molecule has 1 aromatic heterocycles. The molecule has 0 fully saturated rings. The maximum absolute atomic E-state index is 11.9. The van der Waals surface area contributed by atoms with Crippen molar-refractivity contribution in [2.24, 2.45) is 0 Å². The van der Waals surface area contributed by atoms with Gasteiger partial charge in [0.25, 0.3) is 10.0 Å². The monoisotopic (exact) mass is 269 g/mol. The van der Waals surface area contributed by atoms with Gasteiger partial charge in [-0.15, -0.1) is 0 Å². The standard InChI is InChI=1S/C7H6F3N3O3S/c8-7(9,10)6(14)13-17(15,16)5-3-12-2-1-4(5)11/h1-3H,(H2,11,12)(H,13,14). The van der Waals surface area contributed by atoms with Crippen molar-refractivity contribution in [2.45, 2.75) is 11.1 Å². The summed E-state index contributed by atoms with van der Waals surface area (Å²) in [4.78, 5) is 13.2. The Morgan fingerprint density at radius 2 is 2.00 bits per heavy atom. The smallest absolute Gasteiger partial charge is 0.398 e. The van der Waals surface area contributed by atoms with E-state index in [0.29, 0.717) is 0 Å². The van der Waals surface area contributed by atoms with Crippen LogP contribution < -0.4 is 10.5 Å². The van der Waals surface area contributed by atoms with Gasteiger partial charge in [0.1, 0.15) is 4.90 Å². The summed E-state index contributed by atoms with van der Waals surface area (Å²) in [6, 6.07) is 1.08. The molecule has 0 aliphatic carbocycles. The molecule has 0 radical (unpaired) electrons. The Hall–Kier alpha value is -1.84. The fourth-order valence-corrected chi connectivity index (χ4v) is 1.90. The van der Waals surface area contributed by atoms with E-state index in [-0.39, 0.29) is 5.69 Å². The second kappa shape index (κ2) is 4.20. The highest BCUT2D eigenvalue weighted by Crippen LogP contribution is 2.19. The minimum absolute atomic E-state index is 0.317. The largest absolute Gasteiger partial charge is 0.472 e. The lowest BCUT2D eigenvalue weighted by atomic mass is 10.4. The molecule has 0 aromatic carbocycles. The highest BCUT2D eigenvalue weighted by atomic mass is 32.2. The van der Waals surface area contributed by atoms with Crippen LogP contribution in [0.4, 0.5) is 18.9 Å². The molecule has 0 aliphatic rings. The summed E-state index contributed by atoms with van der Waals surface area (Å²) in [6.07, 6.45) is -3.41. The van der Waals surface area contributed by atoms with E-state index in [1.807, 2.05) is 0 Å². The molecule has 0 aliphatic heterocycles. The number of nitrogens with two attached hydrogens (primary N) is 1. The average Bonchev–Trinajstić information content (AvgIpc) is 2.15. The minimum Gasteiger partial charge on any atom is -0.398 e. The molecule has 0 saturated carbocycles.